The van der Waals surface area contributed by atoms with Crippen LogP contribution in [0.25, 0.3) is 0 Å². The molecule has 2 atom stereocenters. The molecule has 1 aliphatic heterocycles. The summed E-state index contributed by atoms with van der Waals surface area (Å²) in [4.78, 5) is 59.7. The highest BCUT2D eigenvalue weighted by Gasteiger charge is 2.38. The van der Waals surface area contributed by atoms with Crippen LogP contribution >= 0.6 is 0 Å². The lowest BCUT2D eigenvalue weighted by molar-refractivity contribution is -0.527. The van der Waals surface area contributed by atoms with E-state index in [4.69, 9.17) is 4.74 Å². The summed E-state index contributed by atoms with van der Waals surface area (Å²) >= 11 is 0. The number of benzene rings is 2. The van der Waals surface area contributed by atoms with E-state index in [0.717, 1.165) is 48.5 Å². The fourth-order valence-corrected chi connectivity index (χ4v) is 6.64. The number of nitrogens with one attached hydrogen (secondary N) is 4. The number of carbonyl (C=O) groups excluding carboxylic acids is 5. The van der Waals surface area contributed by atoms with Crippen LogP contribution in [-0.2, 0) is 19.2 Å². The van der Waals surface area contributed by atoms with E-state index in [1.165, 1.54) is 0 Å². The molecule has 4 N–H and O–H groups in total. The van der Waals surface area contributed by atoms with E-state index in [0.29, 0.717) is 62.9 Å². The van der Waals surface area contributed by atoms with Crippen molar-refractivity contribution in [3.05, 3.63) is 88.7 Å². The lowest BCUT2D eigenvalue weighted by Gasteiger charge is -2.36. The van der Waals surface area contributed by atoms with Gasteiger partial charge in [0.25, 0.3) is 0 Å². The van der Waals surface area contributed by atoms with Crippen LogP contribution in [0.1, 0.15) is 84.3 Å². The Morgan fingerprint density at radius 2 is 1.27 bits per heavy atom. The van der Waals surface area contributed by atoms with Crippen molar-refractivity contribution in [3.63, 3.8) is 0 Å². The topological polar surface area (TPSA) is 172 Å². The molecule has 13 nitrogen and oxygen atoms in total. The van der Waals surface area contributed by atoms with Crippen molar-refractivity contribution in [1.29, 1.82) is 0 Å². The monoisotopic (exact) mass is 758 g/mol. The maximum Gasteiger partial charge on any atom is 0.219 e. The Kier molecular flexibility index (Phi) is 18.3. The summed E-state index contributed by atoms with van der Waals surface area (Å²) in [5.41, 5.74) is 3.75. The fourth-order valence-electron chi connectivity index (χ4n) is 6.64. The van der Waals surface area contributed by atoms with Gasteiger partial charge in [0.2, 0.25) is 29.3 Å². The Morgan fingerprint density at radius 1 is 0.745 bits per heavy atom. The number of carboxylic acid groups (broad SMARTS) is 1. The molecular formula is C42H58N6O7. The second kappa shape index (κ2) is 22.8. The minimum Gasteiger partial charge on any atom is -0.545 e. The van der Waals surface area contributed by atoms with Crippen molar-refractivity contribution >= 4 is 35.3 Å². The summed E-state index contributed by atoms with van der Waals surface area (Å²) in [6, 6.07) is 13.0. The number of fused-ring (bicyclic) bond motifs is 2. The molecule has 1 aliphatic carbocycles. The van der Waals surface area contributed by atoms with Crippen molar-refractivity contribution in [2.45, 2.75) is 64.2 Å². The summed E-state index contributed by atoms with van der Waals surface area (Å²) in [5.74, 6) is -0.105. The molecule has 55 heavy (non-hydrogen) atoms. The first kappa shape index (κ1) is 44.1. The van der Waals surface area contributed by atoms with Gasteiger partial charge in [-0.05, 0) is 57.1 Å². The highest BCUT2D eigenvalue weighted by atomic mass is 16.5. The van der Waals surface area contributed by atoms with E-state index in [1.807, 2.05) is 56.5 Å². The average molecular weight is 759 g/mol. The largest absolute Gasteiger partial charge is 0.545 e. The minimum atomic E-state index is -1.21. The zero-order valence-corrected chi connectivity index (χ0v) is 33.2. The number of aromatic carboxylic acids is 1. The molecule has 0 spiro atoms. The second-order valence-electron chi connectivity index (χ2n) is 13.7. The first-order valence-electron chi connectivity index (χ1n) is 19.0. The lowest BCUT2D eigenvalue weighted by Crippen LogP contribution is -2.32. The summed E-state index contributed by atoms with van der Waals surface area (Å²) in [7, 11) is 8.56. The van der Waals surface area contributed by atoms with Crippen molar-refractivity contribution in [1.82, 2.24) is 26.2 Å². The van der Waals surface area contributed by atoms with Crippen LogP contribution in [0.2, 0.25) is 0 Å². The molecule has 1 heterocycles. The number of amides is 4. The molecule has 0 radical (unpaired) electrons. The lowest BCUT2D eigenvalue weighted by atomic mass is 9.74. The quantitative estimate of drug-likeness (QED) is 0.168. The third-order valence-electron chi connectivity index (χ3n) is 9.73. The molecule has 4 rings (SSSR count). The van der Waals surface area contributed by atoms with Crippen LogP contribution in [0.4, 0.5) is 0 Å². The van der Waals surface area contributed by atoms with Gasteiger partial charge in [-0.2, -0.15) is 0 Å². The van der Waals surface area contributed by atoms with Gasteiger partial charge in [-0.3, -0.25) is 19.2 Å². The summed E-state index contributed by atoms with van der Waals surface area (Å²) < 4.78 is 8.61. The van der Waals surface area contributed by atoms with Gasteiger partial charge in [-0.1, -0.05) is 42.5 Å². The van der Waals surface area contributed by atoms with Crippen molar-refractivity contribution < 1.29 is 38.4 Å². The average Bonchev–Trinajstić information content (AvgIpc) is 3.18. The van der Waals surface area contributed by atoms with E-state index in [9.17, 15) is 29.1 Å². The van der Waals surface area contributed by atoms with E-state index in [1.54, 1.807) is 40.3 Å². The first-order chi connectivity index (χ1) is 26.4. The zero-order valence-electron chi connectivity index (χ0n) is 33.2. The Bertz CT molecular complexity index is 1710. The molecule has 0 aromatic heterocycles. The predicted molar refractivity (Wildman–Crippen MR) is 211 cm³/mol. The van der Waals surface area contributed by atoms with Crippen LogP contribution < -0.4 is 31.1 Å². The molecule has 298 valence electrons. The molecule has 2 aromatic rings. The van der Waals surface area contributed by atoms with E-state index in [2.05, 4.69) is 36.8 Å². The number of hydrogen-bond donors (Lipinski definition) is 4. The Labute approximate surface area is 325 Å². The SMILES string of the molecule is CNC(=O)CCCN(C)CCCC(=O)NC.CNC(=O)CCC[N+](CCCC(=O)NC)=C1C=CC2C(=C1)Oc1cc(C)ccc1C2c1ccccc1C(=O)[O-]. The number of carbonyl (C=O) groups is 5. The number of aryl methyl sites for hydroxylation is 1. The van der Waals surface area contributed by atoms with Gasteiger partial charge in [0.05, 0.1) is 5.97 Å². The van der Waals surface area contributed by atoms with Crippen molar-refractivity contribution in [3.8, 4) is 5.75 Å². The van der Waals surface area contributed by atoms with Crippen molar-refractivity contribution in [2.75, 3.05) is 61.4 Å². The number of nitrogens with zero attached hydrogens (tertiary/aromatic N) is 2. The van der Waals surface area contributed by atoms with Crippen LogP contribution in [0.5, 0.6) is 5.75 Å². The smallest absolute Gasteiger partial charge is 0.219 e. The highest BCUT2D eigenvalue weighted by molar-refractivity contribution is 6.02. The molecule has 2 aromatic carbocycles. The van der Waals surface area contributed by atoms with Gasteiger partial charge in [0.15, 0.2) is 0 Å². The molecule has 0 fully saturated rings. The third-order valence-corrected chi connectivity index (χ3v) is 9.73. The van der Waals surface area contributed by atoms with Crippen LogP contribution in [0, 0.1) is 12.8 Å². The maximum atomic E-state index is 12.0. The van der Waals surface area contributed by atoms with E-state index < -0.39 is 5.97 Å². The zero-order chi connectivity index (χ0) is 40.3. The van der Waals surface area contributed by atoms with Crippen molar-refractivity contribution in [2.24, 2.45) is 5.92 Å². The van der Waals surface area contributed by atoms with Gasteiger partial charge >= 0.3 is 0 Å². The normalized spacial score (nSPS) is 15.3. The van der Waals surface area contributed by atoms with E-state index in [-0.39, 0.29) is 41.0 Å². The van der Waals surface area contributed by atoms with Crippen LogP contribution in [0.15, 0.2) is 66.5 Å². The van der Waals surface area contributed by atoms with Gasteiger partial charge in [-0.15, -0.1) is 0 Å². The standard InChI is InChI=1S/C31H35N3O5.C11H23N3O2/c1-20-12-14-24-26(18-20)39-27-19-21(34(16-6-10-28(35)32-2)17-7-11-29(36)33-3)13-15-25(27)30(24)22-8-4-5-9-23(22)31(37)38;1-12-10(15)6-4-8-14(3)9-5-7-11(16)13-2/h4-5,8-9,12-15,18-19,25,30H,6-7,10-11,16-17H2,1-3H3,(H2-,32,33,35,36,37,38);4-9H2,1-3H3,(H,12,15)(H,13,16). The molecular weight excluding hydrogens is 700 g/mol. The number of ether oxygens (including phenoxy) is 1. The Hall–Kier alpha value is -5.30. The Morgan fingerprint density at radius 3 is 1.80 bits per heavy atom. The summed E-state index contributed by atoms with van der Waals surface area (Å²) in [6.45, 7) is 5.05. The summed E-state index contributed by atoms with van der Waals surface area (Å²) in [5, 5.41) is 22.5. The Balaban J connectivity index is 0.000000429. The molecule has 0 bridgehead atoms. The first-order valence-corrected chi connectivity index (χ1v) is 19.0. The molecule has 0 saturated carbocycles. The minimum absolute atomic E-state index is 0.0140. The van der Waals surface area contributed by atoms with Crippen LogP contribution in [0.3, 0.4) is 0 Å². The molecule has 2 aliphatic rings. The number of hydrogen-bond acceptors (Lipinski definition) is 8. The molecule has 0 saturated heterocycles. The molecule has 4 amide bonds. The number of allylic oxidation sites excluding steroid dienone is 3. The summed E-state index contributed by atoms with van der Waals surface area (Å²) in [6.07, 6.45) is 11.1. The maximum absolute atomic E-state index is 12.0. The van der Waals surface area contributed by atoms with Gasteiger partial charge in [-0.25, -0.2) is 4.58 Å². The predicted octanol–water partition coefficient (Wildman–Crippen LogP) is 2.43. The fraction of sp³-hybridized carbons (Fsp3) is 0.476. The van der Waals surface area contributed by atoms with Gasteiger partial charge in [0, 0.05) is 102 Å². The highest BCUT2D eigenvalue weighted by Crippen LogP contribution is 2.48. The number of carboxylic acids is 1. The second-order valence-corrected chi connectivity index (χ2v) is 13.7. The number of rotatable bonds is 18. The van der Waals surface area contributed by atoms with E-state index >= 15 is 0 Å². The molecule has 2 unspecified atom stereocenters. The van der Waals surface area contributed by atoms with Crippen LogP contribution in [-0.4, -0.2) is 106 Å². The van der Waals surface area contributed by atoms with Gasteiger partial charge in [0.1, 0.15) is 24.6 Å². The third kappa shape index (κ3) is 13.8. The van der Waals surface area contributed by atoms with Gasteiger partial charge < -0.3 is 40.8 Å². The molecule has 13 heteroatoms.